The molecule has 2 N–H and O–H groups in total. The van der Waals surface area contributed by atoms with Crippen LogP contribution < -0.4 is 10.7 Å². The highest BCUT2D eigenvalue weighted by Crippen LogP contribution is 2.29. The number of nitrogens with zero attached hydrogens (tertiary/aromatic N) is 2. The number of hydrazine groups is 1. The van der Waals surface area contributed by atoms with Crippen LogP contribution in [-0.2, 0) is 0 Å². The number of amidine groups is 1. The Balaban J connectivity index is 1.80. The lowest BCUT2D eigenvalue weighted by Gasteiger charge is -2.28. The lowest BCUT2D eigenvalue weighted by Crippen LogP contribution is -2.41. The summed E-state index contributed by atoms with van der Waals surface area (Å²) in [6, 6.07) is 14.6. The lowest BCUT2D eigenvalue weighted by molar-refractivity contribution is 0.372. The van der Waals surface area contributed by atoms with Crippen molar-refractivity contribution in [1.29, 1.82) is 0 Å². The van der Waals surface area contributed by atoms with Crippen molar-refractivity contribution in [2.24, 2.45) is 4.99 Å². The lowest BCUT2D eigenvalue weighted by atomic mass is 10.1. The molecule has 3 rings (SSSR count). The van der Waals surface area contributed by atoms with E-state index in [1.165, 1.54) is 11.1 Å². The quantitative estimate of drug-likeness (QED) is 0.756. The van der Waals surface area contributed by atoms with Crippen LogP contribution in [0.4, 0.5) is 11.4 Å². The second kappa shape index (κ2) is 7.53. The van der Waals surface area contributed by atoms with Gasteiger partial charge in [-0.1, -0.05) is 43.8 Å². The maximum absolute atomic E-state index is 4.81. The van der Waals surface area contributed by atoms with Crippen molar-refractivity contribution in [3.05, 3.63) is 65.7 Å². The third-order valence-electron chi connectivity index (χ3n) is 4.29. The summed E-state index contributed by atoms with van der Waals surface area (Å²) in [6.45, 7) is 12.2. The van der Waals surface area contributed by atoms with Crippen molar-refractivity contribution in [1.82, 2.24) is 10.3 Å². The van der Waals surface area contributed by atoms with Gasteiger partial charge in [-0.25, -0.2) is 10.0 Å². The number of fused-ring (bicyclic) bond motifs is 1. The largest absolute Gasteiger partial charge is 0.343 e. The van der Waals surface area contributed by atoms with E-state index in [0.717, 1.165) is 41.4 Å². The zero-order chi connectivity index (χ0) is 17.8. The smallest absolute Gasteiger partial charge is 0.123 e. The number of rotatable bonds is 6. The summed E-state index contributed by atoms with van der Waals surface area (Å²) >= 11 is 0. The summed E-state index contributed by atoms with van der Waals surface area (Å²) in [5.74, 6) is 0.914. The fourth-order valence-electron chi connectivity index (χ4n) is 2.97. The molecule has 1 heterocycles. The van der Waals surface area contributed by atoms with Crippen molar-refractivity contribution in [2.45, 2.75) is 27.2 Å². The van der Waals surface area contributed by atoms with Crippen LogP contribution in [0.2, 0.25) is 0 Å². The third kappa shape index (κ3) is 4.09. The van der Waals surface area contributed by atoms with Gasteiger partial charge in [0.25, 0.3) is 0 Å². The molecule has 1 aliphatic heterocycles. The average Bonchev–Trinajstić information content (AvgIpc) is 2.56. The summed E-state index contributed by atoms with van der Waals surface area (Å²) in [5.41, 5.74) is 10.1. The molecule has 2 aromatic rings. The molecule has 2 aromatic carbocycles. The monoisotopic (exact) mass is 334 g/mol. The van der Waals surface area contributed by atoms with Gasteiger partial charge in [0.2, 0.25) is 0 Å². The van der Waals surface area contributed by atoms with Gasteiger partial charge in [-0.05, 0) is 43.5 Å². The maximum atomic E-state index is 4.81. The van der Waals surface area contributed by atoms with Gasteiger partial charge in [-0.15, -0.1) is 0 Å². The second-order valence-corrected chi connectivity index (χ2v) is 6.53. The molecular weight excluding hydrogens is 308 g/mol. The van der Waals surface area contributed by atoms with Crippen LogP contribution >= 0.6 is 0 Å². The first-order valence-electron chi connectivity index (χ1n) is 8.78. The minimum Gasteiger partial charge on any atom is -0.343 e. The standard InChI is InChI=1S/C21H26N4/c1-5-12-25(24-19-9-7-6-8-16(19)3)14-21-22-17(4)18-11-10-15(2)13-20(18)23-21/h6-11,13,24H,4-5,12,14H2,1-3H3,(H,22,23). The molecule has 4 heteroatoms. The average molecular weight is 334 g/mol. The molecule has 1 aliphatic rings. The van der Waals surface area contributed by atoms with Crippen LogP contribution in [0.15, 0.2) is 54.0 Å². The number of aliphatic imine (C=N–C) groups is 1. The van der Waals surface area contributed by atoms with Crippen molar-refractivity contribution in [3.8, 4) is 0 Å². The van der Waals surface area contributed by atoms with Gasteiger partial charge in [-0.2, -0.15) is 0 Å². The first-order chi connectivity index (χ1) is 12.1. The molecule has 0 aromatic heterocycles. The van der Waals surface area contributed by atoms with E-state index in [4.69, 9.17) is 4.99 Å². The molecule has 0 radical (unpaired) electrons. The summed E-state index contributed by atoms with van der Waals surface area (Å²) < 4.78 is 0. The highest BCUT2D eigenvalue weighted by atomic mass is 15.5. The van der Waals surface area contributed by atoms with Gasteiger partial charge in [0.15, 0.2) is 0 Å². The molecule has 0 spiro atoms. The normalized spacial score (nSPS) is 13.3. The predicted octanol–water partition coefficient (Wildman–Crippen LogP) is 4.65. The third-order valence-corrected chi connectivity index (χ3v) is 4.29. The number of hydrogen-bond donors (Lipinski definition) is 2. The van der Waals surface area contributed by atoms with E-state index in [1.54, 1.807) is 0 Å². The summed E-state index contributed by atoms with van der Waals surface area (Å²) in [4.78, 5) is 4.81. The van der Waals surface area contributed by atoms with E-state index in [2.05, 4.69) is 85.6 Å². The van der Waals surface area contributed by atoms with E-state index >= 15 is 0 Å². The number of anilines is 1. The Morgan fingerprint density at radius 1 is 1.16 bits per heavy atom. The molecule has 0 fully saturated rings. The molecule has 0 unspecified atom stereocenters. The molecule has 0 saturated carbocycles. The minimum atomic E-state index is 0.689. The highest BCUT2D eigenvalue weighted by Gasteiger charge is 2.17. The van der Waals surface area contributed by atoms with E-state index in [1.807, 2.05) is 0 Å². The Morgan fingerprint density at radius 3 is 2.72 bits per heavy atom. The zero-order valence-electron chi connectivity index (χ0n) is 15.3. The van der Waals surface area contributed by atoms with Gasteiger partial charge >= 0.3 is 0 Å². The Hall–Kier alpha value is -2.59. The number of aryl methyl sites for hydroxylation is 2. The van der Waals surface area contributed by atoms with Crippen LogP contribution in [0.5, 0.6) is 0 Å². The topological polar surface area (TPSA) is 39.7 Å². The highest BCUT2D eigenvalue weighted by molar-refractivity contribution is 5.98. The maximum Gasteiger partial charge on any atom is 0.123 e. The predicted molar refractivity (Wildman–Crippen MR) is 107 cm³/mol. The molecular formula is C21H26N4. The Labute approximate surface area is 150 Å². The second-order valence-electron chi connectivity index (χ2n) is 6.53. The first-order valence-corrected chi connectivity index (χ1v) is 8.78. The number of benzene rings is 2. The van der Waals surface area contributed by atoms with Crippen LogP contribution in [-0.4, -0.2) is 23.9 Å². The minimum absolute atomic E-state index is 0.689. The Bertz CT molecular complexity index is 807. The van der Waals surface area contributed by atoms with Gasteiger partial charge < -0.3 is 10.7 Å². The van der Waals surface area contributed by atoms with E-state index < -0.39 is 0 Å². The summed E-state index contributed by atoms with van der Waals surface area (Å²) in [6.07, 6.45) is 1.06. The van der Waals surface area contributed by atoms with Crippen molar-refractivity contribution >= 4 is 22.9 Å². The molecule has 0 atom stereocenters. The fraction of sp³-hybridized carbons (Fsp3) is 0.286. The molecule has 4 nitrogen and oxygen atoms in total. The van der Waals surface area contributed by atoms with Gasteiger partial charge in [0, 0.05) is 17.8 Å². The first kappa shape index (κ1) is 17.2. The molecule has 0 amide bonds. The zero-order valence-corrected chi connectivity index (χ0v) is 15.3. The molecule has 0 saturated heterocycles. The van der Waals surface area contributed by atoms with E-state index in [9.17, 15) is 0 Å². The Morgan fingerprint density at radius 2 is 1.96 bits per heavy atom. The van der Waals surface area contributed by atoms with E-state index in [-0.39, 0.29) is 0 Å². The van der Waals surface area contributed by atoms with Gasteiger partial charge in [0.05, 0.1) is 17.9 Å². The van der Waals surface area contributed by atoms with Crippen LogP contribution in [0.1, 0.15) is 30.0 Å². The molecule has 25 heavy (non-hydrogen) atoms. The van der Waals surface area contributed by atoms with Gasteiger partial charge in [0.1, 0.15) is 5.84 Å². The summed E-state index contributed by atoms with van der Waals surface area (Å²) in [5, 5.41) is 5.55. The van der Waals surface area contributed by atoms with Crippen molar-refractivity contribution in [2.75, 3.05) is 18.5 Å². The van der Waals surface area contributed by atoms with Crippen LogP contribution in [0.25, 0.3) is 5.70 Å². The summed E-state index contributed by atoms with van der Waals surface area (Å²) in [7, 11) is 0. The van der Waals surface area contributed by atoms with E-state index in [0.29, 0.717) is 6.54 Å². The molecule has 130 valence electrons. The SMILES string of the molecule is C=C1NC(CN(CCC)Nc2ccccc2C)=Nc2cc(C)ccc21. The fourth-order valence-corrected chi connectivity index (χ4v) is 2.97. The van der Waals surface area contributed by atoms with Crippen LogP contribution in [0.3, 0.4) is 0 Å². The van der Waals surface area contributed by atoms with Crippen LogP contribution in [0, 0.1) is 13.8 Å². The molecule has 0 aliphatic carbocycles. The number of hydrogen-bond acceptors (Lipinski definition) is 4. The Kier molecular flexibility index (Phi) is 5.19. The van der Waals surface area contributed by atoms with Crippen molar-refractivity contribution in [3.63, 3.8) is 0 Å². The number of para-hydroxylation sites is 1. The molecule has 0 bridgehead atoms. The van der Waals surface area contributed by atoms with Gasteiger partial charge in [-0.3, -0.25) is 0 Å². The van der Waals surface area contributed by atoms with Crippen molar-refractivity contribution < 1.29 is 0 Å². The number of nitrogens with one attached hydrogen (secondary N) is 2.